The van der Waals surface area contributed by atoms with Crippen molar-refractivity contribution in [1.29, 1.82) is 0 Å². The molecule has 0 atom stereocenters. The monoisotopic (exact) mass is 498 g/mol. The van der Waals surface area contributed by atoms with Crippen LogP contribution in [-0.4, -0.2) is 19.9 Å². The van der Waals surface area contributed by atoms with Crippen molar-refractivity contribution in [2.75, 3.05) is 10.8 Å². The molecule has 3 rings (SSSR count). The molecule has 3 aromatic rings. The zero-order valence-corrected chi connectivity index (χ0v) is 21.8. The molecule has 0 unspecified atom stereocenters. The van der Waals surface area contributed by atoms with E-state index in [9.17, 15) is 8.42 Å². The van der Waals surface area contributed by atoms with E-state index in [1.54, 1.807) is 24.3 Å². The summed E-state index contributed by atoms with van der Waals surface area (Å²) in [7, 11) is -3.91. The third kappa shape index (κ3) is 5.99. The molecule has 0 bridgehead atoms. The van der Waals surface area contributed by atoms with E-state index in [1.807, 2.05) is 58.9 Å². The topological polar surface area (TPSA) is 59.5 Å². The first-order valence-electron chi connectivity index (χ1n) is 11.2. The number of anilines is 1. The Morgan fingerprint density at radius 2 is 1.85 bits per heavy atom. The van der Waals surface area contributed by atoms with Gasteiger partial charge in [0.25, 0.3) is 10.0 Å². The number of hydrogen-bond donors (Lipinski definition) is 0. The van der Waals surface area contributed by atoms with Crippen LogP contribution in [0.3, 0.4) is 0 Å². The molecular weight excluding hydrogens is 468 g/mol. The van der Waals surface area contributed by atoms with Crippen LogP contribution in [0.25, 0.3) is 6.08 Å². The van der Waals surface area contributed by atoms with Gasteiger partial charge in [-0.3, -0.25) is 4.31 Å². The first kappa shape index (κ1) is 25.8. The van der Waals surface area contributed by atoms with Gasteiger partial charge in [0.15, 0.2) is 5.03 Å². The maximum absolute atomic E-state index is 13.6. The van der Waals surface area contributed by atoms with E-state index in [0.717, 1.165) is 22.3 Å². The fraction of sp³-hybridized carbons (Fsp3) is 0.296. The Hall–Kier alpha value is -2.83. The normalized spacial score (nSPS) is 11.9. The van der Waals surface area contributed by atoms with Crippen LogP contribution < -0.4 is 9.04 Å². The van der Waals surface area contributed by atoms with Crippen LogP contribution in [0, 0.1) is 19.8 Å². The average Bonchev–Trinajstić information content (AvgIpc) is 2.79. The van der Waals surface area contributed by atoms with Crippen molar-refractivity contribution in [2.24, 2.45) is 5.92 Å². The number of aromatic nitrogens is 1. The van der Waals surface area contributed by atoms with Crippen molar-refractivity contribution in [2.45, 2.75) is 46.3 Å². The number of benzene rings is 2. The molecule has 0 spiro atoms. The molecule has 0 radical (unpaired) electrons. The fourth-order valence-electron chi connectivity index (χ4n) is 3.56. The molecule has 0 saturated carbocycles. The van der Waals surface area contributed by atoms with Gasteiger partial charge in [-0.05, 0) is 67.1 Å². The van der Waals surface area contributed by atoms with E-state index in [2.05, 4.69) is 11.1 Å². The van der Waals surface area contributed by atoms with Crippen molar-refractivity contribution in [3.05, 3.63) is 88.1 Å². The number of rotatable bonds is 9. The third-order valence-corrected chi connectivity index (χ3v) is 7.44. The van der Waals surface area contributed by atoms with Gasteiger partial charge in [-0.25, -0.2) is 4.98 Å². The Bertz CT molecular complexity index is 1270. The minimum absolute atomic E-state index is 0.00962. The summed E-state index contributed by atoms with van der Waals surface area (Å²) in [6, 6.07) is 14.5. The average molecular weight is 499 g/mol. The van der Waals surface area contributed by atoms with Gasteiger partial charge < -0.3 is 4.74 Å². The summed E-state index contributed by atoms with van der Waals surface area (Å²) in [6.45, 7) is 10.4. The van der Waals surface area contributed by atoms with E-state index in [1.165, 1.54) is 16.6 Å². The van der Waals surface area contributed by atoms with Gasteiger partial charge in [0.1, 0.15) is 12.4 Å². The van der Waals surface area contributed by atoms with E-state index in [0.29, 0.717) is 16.5 Å². The minimum atomic E-state index is -3.91. The number of aryl methyl sites for hydroxylation is 2. The quantitative estimate of drug-likeness (QED) is 0.325. The van der Waals surface area contributed by atoms with Crippen LogP contribution in [0.15, 0.2) is 65.8 Å². The summed E-state index contributed by atoms with van der Waals surface area (Å²) in [4.78, 5) is 4.10. The van der Waals surface area contributed by atoms with E-state index in [-0.39, 0.29) is 24.1 Å². The number of halogens is 1. The van der Waals surface area contributed by atoms with Crippen LogP contribution in [0.4, 0.5) is 5.69 Å². The third-order valence-electron chi connectivity index (χ3n) is 5.34. The Morgan fingerprint density at radius 3 is 2.47 bits per heavy atom. The molecule has 1 aromatic heterocycles. The second-order valence-corrected chi connectivity index (χ2v) is 10.9. The Kier molecular flexibility index (Phi) is 8.39. The molecule has 0 saturated heterocycles. The standard InChI is InChI=1S/C27H31ClN2O3S/c1-6-9-22-11-12-23(20(4)14-22)18-33-26-16-24(28)21(5)15-25(26)30(17-19(2)3)34(31,32)27-10-7-8-13-29-27/h6-16,19H,17-18H2,1-5H3/b9-6+. The molecule has 0 aliphatic carbocycles. The van der Waals surface area contributed by atoms with Crippen molar-refractivity contribution in [3.8, 4) is 5.75 Å². The lowest BCUT2D eigenvalue weighted by Crippen LogP contribution is -2.35. The number of pyridine rings is 1. The summed E-state index contributed by atoms with van der Waals surface area (Å²) in [5, 5.41) is 0.503. The zero-order chi connectivity index (χ0) is 24.9. The van der Waals surface area contributed by atoms with Crippen LogP contribution >= 0.6 is 11.6 Å². The van der Waals surface area contributed by atoms with Crippen LogP contribution in [0.2, 0.25) is 5.02 Å². The van der Waals surface area contributed by atoms with Crippen molar-refractivity contribution in [1.82, 2.24) is 4.98 Å². The van der Waals surface area contributed by atoms with Gasteiger partial charge >= 0.3 is 0 Å². The largest absolute Gasteiger partial charge is 0.487 e. The Labute approximate surface area is 208 Å². The lowest BCUT2D eigenvalue weighted by Gasteiger charge is -2.28. The summed E-state index contributed by atoms with van der Waals surface area (Å²) >= 11 is 6.43. The second-order valence-electron chi connectivity index (χ2n) is 8.64. The van der Waals surface area contributed by atoms with Gasteiger partial charge in [0.05, 0.1) is 5.69 Å². The summed E-state index contributed by atoms with van der Waals surface area (Å²) < 4.78 is 34.8. The smallest absolute Gasteiger partial charge is 0.281 e. The zero-order valence-electron chi connectivity index (χ0n) is 20.2. The van der Waals surface area contributed by atoms with E-state index in [4.69, 9.17) is 16.3 Å². The molecule has 1 heterocycles. The van der Waals surface area contributed by atoms with E-state index < -0.39 is 10.0 Å². The highest BCUT2D eigenvalue weighted by Gasteiger charge is 2.30. The highest BCUT2D eigenvalue weighted by Crippen LogP contribution is 2.37. The van der Waals surface area contributed by atoms with Crippen LogP contribution in [0.1, 0.15) is 43.0 Å². The first-order chi connectivity index (χ1) is 16.1. The molecule has 0 amide bonds. The lowest BCUT2D eigenvalue weighted by atomic mass is 10.1. The highest BCUT2D eigenvalue weighted by atomic mass is 35.5. The van der Waals surface area contributed by atoms with Gasteiger partial charge in [-0.15, -0.1) is 0 Å². The molecule has 0 N–H and O–H groups in total. The van der Waals surface area contributed by atoms with Gasteiger partial charge in [-0.2, -0.15) is 8.42 Å². The second kappa shape index (κ2) is 11.1. The number of sulfonamides is 1. The number of allylic oxidation sites excluding steroid dienone is 1. The van der Waals surface area contributed by atoms with Gasteiger partial charge in [0, 0.05) is 23.8 Å². The number of nitrogens with zero attached hydrogens (tertiary/aromatic N) is 2. The predicted octanol–water partition coefficient (Wildman–Crippen LogP) is 6.82. The lowest BCUT2D eigenvalue weighted by molar-refractivity contribution is 0.306. The predicted molar refractivity (Wildman–Crippen MR) is 140 cm³/mol. The van der Waals surface area contributed by atoms with Gasteiger partial charge in [-0.1, -0.05) is 61.9 Å². The maximum Gasteiger partial charge on any atom is 0.281 e. The summed E-state index contributed by atoms with van der Waals surface area (Å²) in [5.74, 6) is 0.483. The first-order valence-corrected chi connectivity index (χ1v) is 13.0. The fourth-order valence-corrected chi connectivity index (χ4v) is 5.28. The molecule has 0 aliphatic heterocycles. The molecule has 5 nitrogen and oxygen atoms in total. The van der Waals surface area contributed by atoms with Crippen molar-refractivity contribution in [3.63, 3.8) is 0 Å². The molecule has 0 fully saturated rings. The molecule has 180 valence electrons. The van der Waals surface area contributed by atoms with Crippen molar-refractivity contribution < 1.29 is 13.2 Å². The summed E-state index contributed by atoms with van der Waals surface area (Å²) in [5.41, 5.74) is 4.44. The highest BCUT2D eigenvalue weighted by molar-refractivity contribution is 7.92. The molecular formula is C27H31ClN2O3S. The molecule has 34 heavy (non-hydrogen) atoms. The van der Waals surface area contributed by atoms with Crippen LogP contribution in [0.5, 0.6) is 5.75 Å². The molecule has 0 aliphatic rings. The van der Waals surface area contributed by atoms with E-state index >= 15 is 0 Å². The van der Waals surface area contributed by atoms with Gasteiger partial charge in [0.2, 0.25) is 0 Å². The minimum Gasteiger partial charge on any atom is -0.487 e. The summed E-state index contributed by atoms with van der Waals surface area (Å²) in [6.07, 6.45) is 5.52. The number of hydrogen-bond acceptors (Lipinski definition) is 4. The number of ether oxygens (including phenoxy) is 1. The molecule has 2 aromatic carbocycles. The SMILES string of the molecule is C/C=C/c1ccc(COc2cc(Cl)c(C)cc2N(CC(C)C)S(=O)(=O)c2ccccn2)c(C)c1. The maximum atomic E-state index is 13.6. The molecule has 7 heteroatoms. The van der Waals surface area contributed by atoms with Crippen LogP contribution in [-0.2, 0) is 16.6 Å². The Balaban J connectivity index is 2.04. The van der Waals surface area contributed by atoms with Crippen molar-refractivity contribution >= 4 is 33.4 Å². The Morgan fingerprint density at radius 1 is 1.09 bits per heavy atom.